The number of hydrogen-bond acceptors (Lipinski definition) is 4. The van der Waals surface area contributed by atoms with Gasteiger partial charge in [0.2, 0.25) is 5.91 Å². The molecule has 0 radical (unpaired) electrons. The van der Waals surface area contributed by atoms with Crippen molar-refractivity contribution < 1.29 is 22.7 Å². The fraction of sp³-hybridized carbons (Fsp3) is 0.214. The van der Waals surface area contributed by atoms with Crippen LogP contribution in [0.1, 0.15) is 31.9 Å². The Hall–Kier alpha value is -4.27. The van der Waals surface area contributed by atoms with E-state index in [-0.39, 0.29) is 29.4 Å². The highest BCUT2D eigenvalue weighted by molar-refractivity contribution is 5.94. The normalized spacial score (nSPS) is 17.3. The van der Waals surface area contributed by atoms with Crippen LogP contribution >= 0.6 is 0 Å². The van der Waals surface area contributed by atoms with Crippen LogP contribution in [-0.2, 0) is 4.79 Å². The Morgan fingerprint density at radius 1 is 1.03 bits per heavy atom. The predicted octanol–water partition coefficient (Wildman–Crippen LogP) is 6.74. The average molecular weight is 507 g/mol. The van der Waals surface area contributed by atoms with Crippen molar-refractivity contribution in [2.45, 2.75) is 38.7 Å². The predicted molar refractivity (Wildman–Crippen MR) is 136 cm³/mol. The van der Waals surface area contributed by atoms with E-state index in [1.807, 2.05) is 61.7 Å². The van der Waals surface area contributed by atoms with Crippen molar-refractivity contribution in [1.82, 2.24) is 9.78 Å². The summed E-state index contributed by atoms with van der Waals surface area (Å²) >= 11 is 0. The Morgan fingerprint density at radius 3 is 2.54 bits per heavy atom. The van der Waals surface area contributed by atoms with Crippen LogP contribution in [0.2, 0.25) is 0 Å². The van der Waals surface area contributed by atoms with E-state index in [1.54, 1.807) is 27.9 Å². The topological polar surface area (TPSA) is 59.4 Å². The van der Waals surface area contributed by atoms with Gasteiger partial charge in [-0.1, -0.05) is 30.3 Å². The van der Waals surface area contributed by atoms with Crippen molar-refractivity contribution in [1.29, 1.82) is 0 Å². The van der Waals surface area contributed by atoms with Crippen LogP contribution in [0.4, 0.5) is 24.5 Å². The van der Waals surface area contributed by atoms with Gasteiger partial charge in [0.1, 0.15) is 0 Å². The zero-order valence-electron chi connectivity index (χ0n) is 20.2. The zero-order chi connectivity index (χ0) is 26.2. The van der Waals surface area contributed by atoms with Crippen molar-refractivity contribution in [3.8, 4) is 22.6 Å². The molecule has 0 bridgehead atoms. The fourth-order valence-electron chi connectivity index (χ4n) is 4.90. The molecule has 37 heavy (non-hydrogen) atoms. The molecule has 0 spiro atoms. The number of fused-ring (bicyclic) bond motifs is 1. The molecule has 1 aliphatic heterocycles. The van der Waals surface area contributed by atoms with Crippen LogP contribution in [0.25, 0.3) is 16.8 Å². The third-order valence-corrected chi connectivity index (χ3v) is 6.41. The van der Waals surface area contributed by atoms with E-state index >= 15 is 0 Å². The van der Waals surface area contributed by atoms with Gasteiger partial charge < -0.3 is 15.0 Å². The number of nitrogens with one attached hydrogen (secondary N) is 1. The van der Waals surface area contributed by atoms with E-state index in [1.165, 1.54) is 19.1 Å². The molecule has 4 aromatic rings. The van der Waals surface area contributed by atoms with Crippen LogP contribution in [0.5, 0.6) is 5.75 Å². The number of para-hydroxylation sites is 2. The fourth-order valence-corrected chi connectivity index (χ4v) is 4.90. The Kier molecular flexibility index (Phi) is 6.37. The average Bonchev–Trinajstić information content (AvgIpc) is 3.39. The SMILES string of the molecule is CC(=O)N1c2ccc(-c3cccc(-n4cccn4)c3)cc2[C@H](Nc2ccccc2OC(F)(F)F)C[C@@H]1C. The molecule has 190 valence electrons. The lowest BCUT2D eigenvalue weighted by molar-refractivity contribution is -0.274. The minimum Gasteiger partial charge on any atom is -0.404 e. The molecule has 0 saturated carbocycles. The number of benzene rings is 3. The van der Waals surface area contributed by atoms with Crippen LogP contribution in [0.15, 0.2) is 85.2 Å². The summed E-state index contributed by atoms with van der Waals surface area (Å²) < 4.78 is 45.1. The van der Waals surface area contributed by atoms with Gasteiger partial charge in [-0.3, -0.25) is 4.79 Å². The first-order valence-corrected chi connectivity index (χ1v) is 11.8. The van der Waals surface area contributed by atoms with E-state index in [2.05, 4.69) is 15.2 Å². The molecule has 1 aromatic heterocycles. The Bertz CT molecular complexity index is 1420. The van der Waals surface area contributed by atoms with E-state index in [9.17, 15) is 18.0 Å². The van der Waals surface area contributed by atoms with E-state index in [0.29, 0.717) is 6.42 Å². The highest BCUT2D eigenvalue weighted by Crippen LogP contribution is 2.43. The second-order valence-electron chi connectivity index (χ2n) is 8.99. The van der Waals surface area contributed by atoms with E-state index < -0.39 is 6.36 Å². The number of halogens is 3. The first kappa shape index (κ1) is 24.4. The molecule has 2 atom stereocenters. The lowest BCUT2D eigenvalue weighted by atomic mass is 9.88. The molecule has 6 nitrogen and oxygen atoms in total. The number of amides is 1. The molecule has 2 heterocycles. The lowest BCUT2D eigenvalue weighted by Crippen LogP contribution is -2.43. The number of carbonyl (C=O) groups is 1. The molecule has 1 N–H and O–H groups in total. The number of anilines is 2. The van der Waals surface area contributed by atoms with Crippen LogP contribution in [0.3, 0.4) is 0 Å². The summed E-state index contributed by atoms with van der Waals surface area (Å²) in [5.41, 5.74) is 4.53. The van der Waals surface area contributed by atoms with Gasteiger partial charge >= 0.3 is 6.36 Å². The van der Waals surface area contributed by atoms with E-state index in [0.717, 1.165) is 28.1 Å². The molecule has 3 aromatic carbocycles. The van der Waals surface area contributed by atoms with Crippen molar-refractivity contribution in [2.75, 3.05) is 10.2 Å². The van der Waals surface area contributed by atoms with Gasteiger partial charge in [-0.25, -0.2) is 4.68 Å². The third-order valence-electron chi connectivity index (χ3n) is 6.41. The summed E-state index contributed by atoms with van der Waals surface area (Å²) in [5.74, 6) is -0.400. The maximum Gasteiger partial charge on any atom is 0.573 e. The van der Waals surface area contributed by atoms with Gasteiger partial charge in [-0.2, -0.15) is 5.10 Å². The Morgan fingerprint density at radius 2 is 1.81 bits per heavy atom. The van der Waals surface area contributed by atoms with Crippen molar-refractivity contribution in [3.63, 3.8) is 0 Å². The Balaban J connectivity index is 1.56. The summed E-state index contributed by atoms with van der Waals surface area (Å²) in [5, 5.41) is 7.55. The first-order valence-electron chi connectivity index (χ1n) is 11.8. The maximum absolute atomic E-state index is 13.0. The molecular formula is C28H25F3N4O2. The van der Waals surface area contributed by atoms with Gasteiger partial charge in [0.25, 0.3) is 0 Å². The molecule has 0 unspecified atom stereocenters. The highest BCUT2D eigenvalue weighted by Gasteiger charge is 2.35. The zero-order valence-corrected chi connectivity index (χ0v) is 20.2. The molecule has 1 amide bonds. The van der Waals surface area contributed by atoms with Crippen molar-refractivity contribution >= 4 is 17.3 Å². The van der Waals surface area contributed by atoms with Gasteiger partial charge in [0, 0.05) is 31.0 Å². The number of nitrogens with zero attached hydrogens (tertiary/aromatic N) is 3. The summed E-state index contributed by atoms with van der Waals surface area (Å²) in [7, 11) is 0. The minimum absolute atomic E-state index is 0.0959. The maximum atomic E-state index is 13.0. The Labute approximate surface area is 212 Å². The standard InChI is InChI=1S/C28H25F3N4O2/c1-18-15-25(33-24-9-3-4-10-27(24)37-28(29,30)31)23-17-21(11-12-26(23)35(18)19(2)36)20-7-5-8-22(16-20)34-14-6-13-32-34/h3-14,16-18,25,33H,15H2,1-2H3/t18-,25+/m0/s1. The molecular weight excluding hydrogens is 481 g/mol. The van der Waals surface area contributed by atoms with Crippen LogP contribution in [-0.4, -0.2) is 28.1 Å². The van der Waals surface area contributed by atoms with Gasteiger partial charge in [0.15, 0.2) is 5.75 Å². The monoisotopic (exact) mass is 506 g/mol. The van der Waals surface area contributed by atoms with Gasteiger partial charge in [0.05, 0.1) is 17.4 Å². The number of rotatable bonds is 5. The van der Waals surface area contributed by atoms with Crippen molar-refractivity contribution in [3.05, 3.63) is 90.8 Å². The third kappa shape index (κ3) is 5.16. The number of ether oxygens (including phenoxy) is 1. The summed E-state index contributed by atoms with van der Waals surface area (Å²) in [4.78, 5) is 14.3. The molecule has 0 saturated heterocycles. The van der Waals surface area contributed by atoms with Crippen molar-refractivity contribution in [2.24, 2.45) is 0 Å². The molecule has 0 aliphatic carbocycles. The number of alkyl halides is 3. The number of carbonyl (C=O) groups excluding carboxylic acids is 1. The molecule has 0 fully saturated rings. The second kappa shape index (κ2) is 9.65. The lowest BCUT2D eigenvalue weighted by Gasteiger charge is -2.40. The van der Waals surface area contributed by atoms with E-state index in [4.69, 9.17) is 0 Å². The van der Waals surface area contributed by atoms with Gasteiger partial charge in [-0.15, -0.1) is 13.2 Å². The summed E-state index contributed by atoms with van der Waals surface area (Å²) in [6.07, 6.45) is -0.740. The smallest absolute Gasteiger partial charge is 0.404 e. The first-order chi connectivity index (χ1) is 17.7. The number of hydrogen-bond donors (Lipinski definition) is 1. The minimum atomic E-state index is -4.81. The quantitative estimate of drug-likeness (QED) is 0.326. The molecule has 9 heteroatoms. The van der Waals surface area contributed by atoms with Crippen LogP contribution < -0.4 is 15.0 Å². The van der Waals surface area contributed by atoms with Crippen LogP contribution in [0, 0.1) is 0 Å². The summed E-state index contributed by atoms with van der Waals surface area (Å²) in [6, 6.07) is 21.0. The second-order valence-corrected chi connectivity index (χ2v) is 8.99. The number of aromatic nitrogens is 2. The summed E-state index contributed by atoms with van der Waals surface area (Å²) in [6.45, 7) is 3.45. The molecule has 1 aliphatic rings. The molecule has 5 rings (SSSR count). The van der Waals surface area contributed by atoms with Gasteiger partial charge in [-0.05, 0) is 72.5 Å². The highest BCUT2D eigenvalue weighted by atomic mass is 19.4. The largest absolute Gasteiger partial charge is 0.573 e.